The number of benzene rings is 2. The van der Waals surface area contributed by atoms with E-state index < -0.39 is 6.04 Å². The van der Waals surface area contributed by atoms with Crippen molar-refractivity contribution in [1.82, 2.24) is 30.4 Å². The van der Waals surface area contributed by atoms with E-state index in [1.165, 1.54) is 0 Å². The second-order valence-electron chi connectivity index (χ2n) is 6.22. The number of tetrazole rings is 1. The number of anilines is 2. The van der Waals surface area contributed by atoms with Crippen molar-refractivity contribution in [2.45, 2.75) is 6.04 Å². The minimum atomic E-state index is -0.459. The van der Waals surface area contributed by atoms with Gasteiger partial charge < -0.3 is 5.32 Å². The highest BCUT2D eigenvalue weighted by molar-refractivity contribution is 6.30. The van der Waals surface area contributed by atoms with E-state index in [0.29, 0.717) is 32.9 Å². The van der Waals surface area contributed by atoms with Gasteiger partial charge in [-0.2, -0.15) is 9.78 Å². The number of aromatic amines is 1. The summed E-state index contributed by atoms with van der Waals surface area (Å²) in [6.45, 7) is 0. The molecule has 28 heavy (non-hydrogen) atoms. The topological polar surface area (TPSA) is 101 Å². The molecule has 0 aliphatic carbocycles. The van der Waals surface area contributed by atoms with Crippen LogP contribution in [0.5, 0.6) is 0 Å². The number of aromatic nitrogens is 6. The highest BCUT2D eigenvalue weighted by atomic mass is 35.5. The Labute approximate surface area is 168 Å². The molecule has 138 valence electrons. The van der Waals surface area contributed by atoms with E-state index in [2.05, 4.69) is 31.0 Å². The van der Waals surface area contributed by atoms with Crippen molar-refractivity contribution in [3.8, 4) is 11.3 Å². The number of hydrogen-bond donors (Lipinski definition) is 2. The fourth-order valence-electron chi connectivity index (χ4n) is 3.32. The van der Waals surface area contributed by atoms with E-state index in [0.717, 1.165) is 11.1 Å². The fourth-order valence-corrected chi connectivity index (χ4v) is 3.57. The monoisotopic (exact) mass is 411 g/mol. The highest BCUT2D eigenvalue weighted by Gasteiger charge is 2.34. The van der Waals surface area contributed by atoms with E-state index in [1.54, 1.807) is 28.9 Å². The molecule has 2 aromatic heterocycles. The fraction of sp³-hybridized carbons (Fsp3) is 0.0556. The molecule has 1 aliphatic rings. The van der Waals surface area contributed by atoms with Crippen LogP contribution in [0.15, 0.2) is 53.3 Å². The van der Waals surface area contributed by atoms with Gasteiger partial charge in [0.05, 0.1) is 5.69 Å². The second-order valence-corrected chi connectivity index (χ2v) is 7.10. The largest absolute Gasteiger partial charge is 0.318 e. The van der Waals surface area contributed by atoms with E-state index in [-0.39, 0.29) is 5.56 Å². The molecule has 0 amide bonds. The lowest BCUT2D eigenvalue weighted by molar-refractivity contribution is 0.567. The Bertz CT molecular complexity index is 1230. The van der Waals surface area contributed by atoms with Gasteiger partial charge in [-0.3, -0.25) is 4.79 Å². The SMILES string of the molecule is O=c1[nH]nc(-c2ccc(Cl)cc2)c2c1Nc1nnnn1[C@@H]2c1ccc(Cl)cc1. The maximum atomic E-state index is 12.6. The lowest BCUT2D eigenvalue weighted by Crippen LogP contribution is -2.29. The van der Waals surface area contributed by atoms with E-state index in [9.17, 15) is 4.79 Å². The van der Waals surface area contributed by atoms with Crippen LogP contribution in [0.2, 0.25) is 10.0 Å². The van der Waals surface area contributed by atoms with Gasteiger partial charge in [-0.15, -0.1) is 0 Å². The van der Waals surface area contributed by atoms with Crippen LogP contribution in [0.3, 0.4) is 0 Å². The van der Waals surface area contributed by atoms with Gasteiger partial charge in [-0.25, -0.2) is 5.10 Å². The molecule has 3 heterocycles. The normalized spacial score (nSPS) is 14.9. The van der Waals surface area contributed by atoms with Gasteiger partial charge in [0, 0.05) is 21.2 Å². The average molecular weight is 412 g/mol. The van der Waals surface area contributed by atoms with Gasteiger partial charge in [-0.05, 0) is 40.3 Å². The highest BCUT2D eigenvalue weighted by Crippen LogP contribution is 2.41. The Morgan fingerprint density at radius 2 is 1.64 bits per heavy atom. The molecule has 5 rings (SSSR count). The van der Waals surface area contributed by atoms with Crippen LogP contribution < -0.4 is 10.9 Å². The van der Waals surface area contributed by atoms with Crippen molar-refractivity contribution in [3.05, 3.63) is 80.1 Å². The first-order valence-corrected chi connectivity index (χ1v) is 9.06. The van der Waals surface area contributed by atoms with Gasteiger partial charge in [-0.1, -0.05) is 52.6 Å². The van der Waals surface area contributed by atoms with Crippen LogP contribution in [0.1, 0.15) is 17.2 Å². The zero-order valence-corrected chi connectivity index (χ0v) is 15.6. The van der Waals surface area contributed by atoms with Crippen LogP contribution in [0.4, 0.5) is 11.6 Å². The molecule has 2 aromatic carbocycles. The molecule has 4 aromatic rings. The predicted octanol–water partition coefficient (Wildman–Crippen LogP) is 3.42. The third-order valence-corrected chi connectivity index (χ3v) is 5.08. The minimum Gasteiger partial charge on any atom is -0.318 e. The Kier molecular flexibility index (Phi) is 3.88. The summed E-state index contributed by atoms with van der Waals surface area (Å²) < 4.78 is 1.62. The molecule has 0 unspecified atom stereocenters. The second kappa shape index (κ2) is 6.43. The summed E-state index contributed by atoms with van der Waals surface area (Å²) in [4.78, 5) is 12.6. The molecule has 2 N–H and O–H groups in total. The molecule has 0 saturated carbocycles. The molecule has 0 saturated heterocycles. The van der Waals surface area contributed by atoms with Crippen LogP contribution >= 0.6 is 23.2 Å². The number of rotatable bonds is 2. The summed E-state index contributed by atoms with van der Waals surface area (Å²) in [6.07, 6.45) is 0. The molecule has 0 bridgehead atoms. The van der Waals surface area contributed by atoms with Crippen LogP contribution in [-0.2, 0) is 0 Å². The van der Waals surface area contributed by atoms with Crippen LogP contribution in [0.25, 0.3) is 11.3 Å². The first-order chi connectivity index (χ1) is 13.6. The predicted molar refractivity (Wildman–Crippen MR) is 105 cm³/mol. The summed E-state index contributed by atoms with van der Waals surface area (Å²) in [5.41, 5.74) is 2.91. The van der Waals surface area contributed by atoms with E-state index >= 15 is 0 Å². The van der Waals surface area contributed by atoms with Gasteiger partial charge in [0.25, 0.3) is 5.56 Å². The Morgan fingerprint density at radius 3 is 2.36 bits per heavy atom. The molecule has 1 aliphatic heterocycles. The lowest BCUT2D eigenvalue weighted by atomic mass is 9.92. The zero-order chi connectivity index (χ0) is 19.3. The minimum absolute atomic E-state index is 0.349. The van der Waals surface area contributed by atoms with Crippen molar-refractivity contribution in [2.24, 2.45) is 0 Å². The maximum absolute atomic E-state index is 12.6. The van der Waals surface area contributed by atoms with Crippen LogP contribution in [-0.4, -0.2) is 30.4 Å². The van der Waals surface area contributed by atoms with Crippen LogP contribution in [0, 0.1) is 0 Å². The summed E-state index contributed by atoms with van der Waals surface area (Å²) >= 11 is 12.1. The number of H-pyrrole nitrogens is 1. The molecular weight excluding hydrogens is 401 g/mol. The standard InChI is InChI=1S/C18H11Cl2N7O/c19-11-5-1-9(2-6-11)14-13-15(17(28)23-22-14)21-18-24-25-26-27(18)16(13)10-3-7-12(20)8-4-10/h1-8,16H,(H,23,28)(H,21,24,26)/t16-/m1/s1. The van der Waals surface area contributed by atoms with Gasteiger partial charge in [0.15, 0.2) is 0 Å². The molecule has 0 spiro atoms. The van der Waals surface area contributed by atoms with Crippen molar-refractivity contribution in [1.29, 1.82) is 0 Å². The van der Waals surface area contributed by atoms with Crippen molar-refractivity contribution in [3.63, 3.8) is 0 Å². The lowest BCUT2D eigenvalue weighted by Gasteiger charge is -2.27. The Hall–Kier alpha value is -3.23. The number of nitrogens with zero attached hydrogens (tertiary/aromatic N) is 5. The quantitative estimate of drug-likeness (QED) is 0.461. The molecule has 0 fully saturated rings. The van der Waals surface area contributed by atoms with Crippen molar-refractivity contribution < 1.29 is 0 Å². The zero-order valence-electron chi connectivity index (χ0n) is 14.1. The first kappa shape index (κ1) is 16.9. The molecule has 1 atom stereocenters. The van der Waals surface area contributed by atoms with E-state index in [1.807, 2.05) is 24.3 Å². The molecule has 8 nitrogen and oxygen atoms in total. The third kappa shape index (κ3) is 2.65. The van der Waals surface area contributed by atoms with Gasteiger partial charge in [0.1, 0.15) is 11.7 Å². The molecule has 0 radical (unpaired) electrons. The number of fused-ring (bicyclic) bond motifs is 2. The summed E-state index contributed by atoms with van der Waals surface area (Å²) in [7, 11) is 0. The van der Waals surface area contributed by atoms with Gasteiger partial charge in [0.2, 0.25) is 5.95 Å². The Balaban J connectivity index is 1.81. The van der Waals surface area contributed by atoms with E-state index in [4.69, 9.17) is 23.2 Å². The number of halogens is 2. The third-order valence-electron chi connectivity index (χ3n) is 4.57. The smallest absolute Gasteiger partial charge is 0.288 e. The number of hydrogen-bond acceptors (Lipinski definition) is 6. The summed E-state index contributed by atoms with van der Waals surface area (Å²) in [5, 5.41) is 22.9. The molecular formula is C18H11Cl2N7O. The first-order valence-electron chi connectivity index (χ1n) is 8.30. The molecule has 10 heteroatoms. The van der Waals surface area contributed by atoms with Crippen molar-refractivity contribution in [2.75, 3.05) is 5.32 Å². The average Bonchev–Trinajstić information content (AvgIpc) is 3.17. The number of nitrogens with one attached hydrogen (secondary N) is 2. The van der Waals surface area contributed by atoms with Gasteiger partial charge >= 0.3 is 0 Å². The summed E-state index contributed by atoms with van der Waals surface area (Å²) in [5.74, 6) is 0.367. The van der Waals surface area contributed by atoms with Crippen molar-refractivity contribution >= 4 is 34.8 Å². The summed E-state index contributed by atoms with van der Waals surface area (Å²) in [6, 6.07) is 14.1. The maximum Gasteiger partial charge on any atom is 0.288 e. The Morgan fingerprint density at radius 1 is 0.964 bits per heavy atom.